The quantitative estimate of drug-likeness (QED) is 0.882. The van der Waals surface area contributed by atoms with Crippen molar-refractivity contribution in [3.63, 3.8) is 0 Å². The van der Waals surface area contributed by atoms with E-state index in [-0.39, 0.29) is 18.2 Å². The third-order valence-corrected chi connectivity index (χ3v) is 2.84. The molecule has 0 atom stereocenters. The molecule has 2 aromatic rings. The first-order chi connectivity index (χ1) is 9.43. The Morgan fingerprint density at radius 3 is 2.70 bits per heavy atom. The van der Waals surface area contributed by atoms with Crippen LogP contribution < -0.4 is 5.56 Å². The standard InChI is InChI=1S/C13H17N3O4/c1-8(2)6-15-10(13(18)19)5-12(17)16-11(15)4-9(14-16)7-20-3/h4-5,8H,6-7H2,1-3H3,(H,18,19). The second-order valence-electron chi connectivity index (χ2n) is 5.02. The molecule has 0 fully saturated rings. The maximum Gasteiger partial charge on any atom is 0.352 e. The summed E-state index contributed by atoms with van der Waals surface area (Å²) in [6, 6.07) is 2.78. The summed E-state index contributed by atoms with van der Waals surface area (Å²) in [5, 5.41) is 13.4. The van der Waals surface area contributed by atoms with Crippen LogP contribution in [0.1, 0.15) is 30.0 Å². The van der Waals surface area contributed by atoms with E-state index in [1.807, 2.05) is 13.8 Å². The zero-order valence-corrected chi connectivity index (χ0v) is 11.7. The zero-order chi connectivity index (χ0) is 14.9. The van der Waals surface area contributed by atoms with Crippen LogP contribution >= 0.6 is 0 Å². The topological polar surface area (TPSA) is 85.8 Å². The van der Waals surface area contributed by atoms with Gasteiger partial charge in [0.25, 0.3) is 5.56 Å². The van der Waals surface area contributed by atoms with E-state index in [2.05, 4.69) is 5.10 Å². The van der Waals surface area contributed by atoms with Crippen molar-refractivity contribution in [1.29, 1.82) is 0 Å². The third kappa shape index (κ3) is 2.57. The lowest BCUT2D eigenvalue weighted by Crippen LogP contribution is -2.24. The van der Waals surface area contributed by atoms with E-state index in [1.165, 1.54) is 11.6 Å². The van der Waals surface area contributed by atoms with Crippen LogP contribution in [-0.2, 0) is 17.9 Å². The minimum Gasteiger partial charge on any atom is -0.477 e. The van der Waals surface area contributed by atoms with Crippen LogP contribution in [0.4, 0.5) is 0 Å². The van der Waals surface area contributed by atoms with Gasteiger partial charge in [-0.3, -0.25) is 4.79 Å². The van der Waals surface area contributed by atoms with Gasteiger partial charge < -0.3 is 14.4 Å². The Morgan fingerprint density at radius 2 is 2.15 bits per heavy atom. The SMILES string of the molecule is COCc1cc2n(CC(C)C)c(C(=O)O)cc(=O)n2n1. The Bertz CT molecular complexity index is 699. The lowest BCUT2D eigenvalue weighted by atomic mass is 10.2. The van der Waals surface area contributed by atoms with Crippen molar-refractivity contribution in [2.75, 3.05) is 7.11 Å². The highest BCUT2D eigenvalue weighted by Crippen LogP contribution is 2.12. The Hall–Kier alpha value is -2.15. The van der Waals surface area contributed by atoms with Gasteiger partial charge in [-0.05, 0) is 5.92 Å². The second kappa shape index (κ2) is 5.46. The predicted molar refractivity (Wildman–Crippen MR) is 72.0 cm³/mol. The molecule has 0 bridgehead atoms. The number of fused-ring (bicyclic) bond motifs is 1. The number of aromatic nitrogens is 3. The van der Waals surface area contributed by atoms with E-state index in [0.29, 0.717) is 17.9 Å². The Morgan fingerprint density at radius 1 is 1.45 bits per heavy atom. The highest BCUT2D eigenvalue weighted by molar-refractivity contribution is 5.86. The smallest absolute Gasteiger partial charge is 0.352 e. The first-order valence-electron chi connectivity index (χ1n) is 6.28. The van der Waals surface area contributed by atoms with Gasteiger partial charge in [0.15, 0.2) is 0 Å². The molecule has 0 saturated carbocycles. The number of rotatable bonds is 5. The van der Waals surface area contributed by atoms with Crippen molar-refractivity contribution < 1.29 is 14.6 Å². The Labute approximate surface area is 115 Å². The van der Waals surface area contributed by atoms with Gasteiger partial charge in [0.05, 0.1) is 12.3 Å². The monoisotopic (exact) mass is 279 g/mol. The number of hydrogen-bond donors (Lipinski definition) is 1. The molecule has 108 valence electrons. The summed E-state index contributed by atoms with van der Waals surface area (Å²) in [7, 11) is 1.53. The fraction of sp³-hybridized carbons (Fsp3) is 0.462. The lowest BCUT2D eigenvalue weighted by molar-refractivity contribution is 0.0683. The summed E-state index contributed by atoms with van der Waals surface area (Å²) in [6.07, 6.45) is 0. The Kier molecular flexibility index (Phi) is 3.89. The van der Waals surface area contributed by atoms with Crippen molar-refractivity contribution in [2.45, 2.75) is 27.0 Å². The van der Waals surface area contributed by atoms with Gasteiger partial charge in [0.1, 0.15) is 11.3 Å². The van der Waals surface area contributed by atoms with Crippen molar-refractivity contribution in [3.05, 3.63) is 33.9 Å². The van der Waals surface area contributed by atoms with E-state index in [0.717, 1.165) is 6.07 Å². The number of carbonyl (C=O) groups is 1. The van der Waals surface area contributed by atoms with E-state index < -0.39 is 11.5 Å². The molecule has 0 amide bonds. The molecule has 0 unspecified atom stereocenters. The molecule has 1 N–H and O–H groups in total. The van der Waals surface area contributed by atoms with Crippen molar-refractivity contribution in [1.82, 2.24) is 14.2 Å². The molecule has 2 rings (SSSR count). The van der Waals surface area contributed by atoms with Crippen LogP contribution in [0.25, 0.3) is 5.65 Å². The average molecular weight is 279 g/mol. The lowest BCUT2D eigenvalue weighted by Gasteiger charge is -2.14. The minimum atomic E-state index is -1.13. The summed E-state index contributed by atoms with van der Waals surface area (Å²) >= 11 is 0. The molecule has 7 heteroatoms. The van der Waals surface area contributed by atoms with Crippen LogP contribution in [0.15, 0.2) is 16.9 Å². The van der Waals surface area contributed by atoms with Crippen LogP contribution in [0.3, 0.4) is 0 Å². The molecule has 0 saturated heterocycles. The maximum atomic E-state index is 11.9. The molecule has 2 heterocycles. The first kappa shape index (κ1) is 14.3. The van der Waals surface area contributed by atoms with Crippen LogP contribution in [-0.4, -0.2) is 32.4 Å². The fourth-order valence-corrected chi connectivity index (χ4v) is 2.11. The first-order valence-corrected chi connectivity index (χ1v) is 6.28. The van der Waals surface area contributed by atoms with E-state index in [4.69, 9.17) is 4.74 Å². The molecular formula is C13H17N3O4. The van der Waals surface area contributed by atoms with Crippen molar-refractivity contribution in [2.24, 2.45) is 5.92 Å². The molecule has 7 nitrogen and oxygen atoms in total. The van der Waals surface area contributed by atoms with E-state index in [1.54, 1.807) is 10.6 Å². The van der Waals surface area contributed by atoms with Gasteiger partial charge in [-0.25, -0.2) is 4.79 Å². The number of methoxy groups -OCH3 is 1. The molecular weight excluding hydrogens is 262 g/mol. The molecule has 0 radical (unpaired) electrons. The average Bonchev–Trinajstić information content (AvgIpc) is 2.76. The third-order valence-electron chi connectivity index (χ3n) is 2.84. The van der Waals surface area contributed by atoms with Gasteiger partial charge in [0, 0.05) is 25.8 Å². The van der Waals surface area contributed by atoms with Gasteiger partial charge in [-0.2, -0.15) is 9.61 Å². The summed E-state index contributed by atoms with van der Waals surface area (Å²) in [5.74, 6) is -0.889. The number of ether oxygens (including phenoxy) is 1. The number of carboxylic acids is 1. The number of aromatic carboxylic acids is 1. The highest BCUT2D eigenvalue weighted by atomic mass is 16.5. The van der Waals surface area contributed by atoms with Crippen LogP contribution in [0, 0.1) is 5.92 Å². The number of nitrogens with zero attached hydrogens (tertiary/aromatic N) is 3. The molecule has 0 aliphatic carbocycles. The normalized spacial score (nSPS) is 11.4. The van der Waals surface area contributed by atoms with Crippen LogP contribution in [0.2, 0.25) is 0 Å². The molecule has 0 spiro atoms. The highest BCUT2D eigenvalue weighted by Gasteiger charge is 2.17. The predicted octanol–water partition coefficient (Wildman–Crippen LogP) is 0.997. The maximum absolute atomic E-state index is 11.9. The van der Waals surface area contributed by atoms with E-state index >= 15 is 0 Å². The zero-order valence-electron chi connectivity index (χ0n) is 11.7. The summed E-state index contributed by atoms with van der Waals surface area (Å²) in [4.78, 5) is 23.3. The van der Waals surface area contributed by atoms with Gasteiger partial charge in [-0.1, -0.05) is 13.8 Å². The van der Waals surface area contributed by atoms with Crippen molar-refractivity contribution >= 4 is 11.6 Å². The van der Waals surface area contributed by atoms with Gasteiger partial charge in [-0.15, -0.1) is 0 Å². The number of hydrogen-bond acceptors (Lipinski definition) is 4. The van der Waals surface area contributed by atoms with Gasteiger partial charge in [0.2, 0.25) is 0 Å². The molecule has 0 aliphatic rings. The van der Waals surface area contributed by atoms with Gasteiger partial charge >= 0.3 is 5.97 Å². The number of carboxylic acid groups (broad SMARTS) is 1. The summed E-state index contributed by atoms with van der Waals surface area (Å²) in [5.41, 5.74) is 0.570. The molecule has 2 aromatic heterocycles. The minimum absolute atomic E-state index is 0.0277. The second-order valence-corrected chi connectivity index (χ2v) is 5.02. The molecule has 0 aromatic carbocycles. The largest absolute Gasteiger partial charge is 0.477 e. The fourth-order valence-electron chi connectivity index (χ4n) is 2.11. The van der Waals surface area contributed by atoms with E-state index in [9.17, 15) is 14.7 Å². The molecule has 0 aliphatic heterocycles. The Balaban J connectivity index is 2.74. The van der Waals surface area contributed by atoms with Crippen LogP contribution in [0.5, 0.6) is 0 Å². The summed E-state index contributed by atoms with van der Waals surface area (Å²) < 4.78 is 7.80. The van der Waals surface area contributed by atoms with Crippen molar-refractivity contribution in [3.8, 4) is 0 Å². The molecule has 20 heavy (non-hydrogen) atoms. The summed E-state index contributed by atoms with van der Waals surface area (Å²) in [6.45, 7) is 4.72.